The Hall–Kier alpha value is -2.10. The maximum atomic E-state index is 11.4. The number of ether oxygens (including phenoxy) is 1. The number of hydrogen-bond donors (Lipinski definition) is 1. The van der Waals surface area contributed by atoms with Crippen molar-refractivity contribution in [3.8, 4) is 0 Å². The van der Waals surface area contributed by atoms with Crippen LogP contribution in [-0.2, 0) is 14.3 Å². The number of carboxylic acid groups (broad SMARTS) is 1. The number of rotatable bonds is 4. The van der Waals surface area contributed by atoms with Crippen molar-refractivity contribution in [2.45, 2.75) is 13.3 Å². The number of aliphatic carboxylic acids is 1. The van der Waals surface area contributed by atoms with Gasteiger partial charge in [-0.3, -0.25) is 4.79 Å². The monoisotopic (exact) mass is 234 g/mol. The Labute approximate surface area is 99.5 Å². The summed E-state index contributed by atoms with van der Waals surface area (Å²) in [7, 11) is 1.23. The maximum Gasteiger partial charge on any atom is 0.334 e. The Morgan fingerprint density at radius 3 is 2.65 bits per heavy atom. The van der Waals surface area contributed by atoms with Crippen LogP contribution in [-0.4, -0.2) is 24.2 Å². The molecular weight excluding hydrogens is 220 g/mol. The zero-order valence-electron chi connectivity index (χ0n) is 9.77. The van der Waals surface area contributed by atoms with Gasteiger partial charge in [-0.1, -0.05) is 29.8 Å². The molecule has 0 aliphatic heterocycles. The number of esters is 1. The molecular formula is C13H14O4. The molecule has 0 heterocycles. The zero-order chi connectivity index (χ0) is 12.8. The summed E-state index contributed by atoms with van der Waals surface area (Å²) in [5.74, 6) is -1.68. The van der Waals surface area contributed by atoms with Crippen molar-refractivity contribution in [1.29, 1.82) is 0 Å². The summed E-state index contributed by atoms with van der Waals surface area (Å²) >= 11 is 0. The summed E-state index contributed by atoms with van der Waals surface area (Å²) in [6.45, 7) is 1.92. The molecule has 4 nitrogen and oxygen atoms in total. The van der Waals surface area contributed by atoms with Crippen LogP contribution >= 0.6 is 0 Å². The van der Waals surface area contributed by atoms with Crippen molar-refractivity contribution in [1.82, 2.24) is 0 Å². The highest BCUT2D eigenvalue weighted by molar-refractivity contribution is 5.97. The van der Waals surface area contributed by atoms with E-state index in [2.05, 4.69) is 4.74 Å². The highest BCUT2D eigenvalue weighted by Crippen LogP contribution is 2.13. The van der Waals surface area contributed by atoms with Crippen LogP contribution in [0.3, 0.4) is 0 Å². The third-order valence-corrected chi connectivity index (χ3v) is 2.17. The first-order valence-corrected chi connectivity index (χ1v) is 5.10. The molecule has 1 aromatic carbocycles. The van der Waals surface area contributed by atoms with E-state index in [4.69, 9.17) is 5.11 Å². The first-order valence-electron chi connectivity index (χ1n) is 5.10. The number of aryl methyl sites for hydroxylation is 1. The number of benzene rings is 1. The standard InChI is InChI=1S/C13H14O4/c1-9-4-3-5-10(6-9)7-11(8-12(14)15)13(16)17-2/h3-7H,8H2,1-2H3,(H,14,15). The number of methoxy groups -OCH3 is 1. The van der Waals surface area contributed by atoms with E-state index in [-0.39, 0.29) is 12.0 Å². The van der Waals surface area contributed by atoms with E-state index < -0.39 is 11.9 Å². The van der Waals surface area contributed by atoms with Crippen LogP contribution in [0.1, 0.15) is 17.5 Å². The molecule has 0 aliphatic rings. The van der Waals surface area contributed by atoms with E-state index >= 15 is 0 Å². The summed E-state index contributed by atoms with van der Waals surface area (Å²) in [6, 6.07) is 7.44. The van der Waals surface area contributed by atoms with Crippen LogP contribution < -0.4 is 0 Å². The molecule has 1 rings (SSSR count). The van der Waals surface area contributed by atoms with Crippen LogP contribution in [0.25, 0.3) is 6.08 Å². The van der Waals surface area contributed by atoms with E-state index in [0.717, 1.165) is 11.1 Å². The highest BCUT2D eigenvalue weighted by Gasteiger charge is 2.13. The van der Waals surface area contributed by atoms with Crippen LogP contribution in [0.5, 0.6) is 0 Å². The normalized spacial score (nSPS) is 11.1. The van der Waals surface area contributed by atoms with Gasteiger partial charge in [-0.2, -0.15) is 0 Å². The van der Waals surface area contributed by atoms with E-state index in [0.29, 0.717) is 0 Å². The van der Waals surface area contributed by atoms with Crippen LogP contribution in [0.4, 0.5) is 0 Å². The van der Waals surface area contributed by atoms with Gasteiger partial charge in [0.15, 0.2) is 0 Å². The van der Waals surface area contributed by atoms with Crippen LogP contribution in [0.2, 0.25) is 0 Å². The molecule has 0 amide bonds. The molecule has 90 valence electrons. The van der Waals surface area contributed by atoms with Crippen LogP contribution in [0, 0.1) is 6.92 Å². The van der Waals surface area contributed by atoms with Gasteiger partial charge in [0.2, 0.25) is 0 Å². The van der Waals surface area contributed by atoms with Crippen molar-refractivity contribution in [3.05, 3.63) is 41.0 Å². The van der Waals surface area contributed by atoms with Gasteiger partial charge in [0.25, 0.3) is 0 Å². The Balaban J connectivity index is 3.04. The largest absolute Gasteiger partial charge is 0.481 e. The summed E-state index contributed by atoms with van der Waals surface area (Å²) < 4.78 is 4.55. The van der Waals surface area contributed by atoms with E-state index in [9.17, 15) is 9.59 Å². The molecule has 0 fully saturated rings. The Morgan fingerprint density at radius 1 is 1.41 bits per heavy atom. The molecule has 0 atom stereocenters. The number of carbonyl (C=O) groups is 2. The first kappa shape index (κ1) is 13.0. The molecule has 0 saturated carbocycles. The van der Waals surface area contributed by atoms with E-state index in [1.807, 2.05) is 25.1 Å². The fourth-order valence-electron chi connectivity index (χ4n) is 1.44. The van der Waals surface area contributed by atoms with Gasteiger partial charge >= 0.3 is 11.9 Å². The first-order chi connectivity index (χ1) is 8.02. The fourth-order valence-corrected chi connectivity index (χ4v) is 1.44. The third kappa shape index (κ3) is 4.10. The molecule has 17 heavy (non-hydrogen) atoms. The SMILES string of the molecule is COC(=O)C(=Cc1cccc(C)c1)CC(=O)O. The molecule has 4 heteroatoms. The van der Waals surface area contributed by atoms with E-state index in [1.54, 1.807) is 6.07 Å². The van der Waals surface area contributed by atoms with Crippen LogP contribution in [0.15, 0.2) is 29.8 Å². The molecule has 1 aromatic rings. The van der Waals surface area contributed by atoms with Crippen molar-refractivity contribution >= 4 is 18.0 Å². The smallest absolute Gasteiger partial charge is 0.334 e. The Kier molecular flexibility index (Phi) is 4.46. The number of carboxylic acids is 1. The fraction of sp³-hybridized carbons (Fsp3) is 0.231. The van der Waals surface area contributed by atoms with Crippen molar-refractivity contribution in [2.75, 3.05) is 7.11 Å². The molecule has 0 radical (unpaired) electrons. The number of hydrogen-bond acceptors (Lipinski definition) is 3. The zero-order valence-corrected chi connectivity index (χ0v) is 9.77. The van der Waals surface area contributed by atoms with Crippen molar-refractivity contribution in [3.63, 3.8) is 0 Å². The summed E-state index contributed by atoms with van der Waals surface area (Å²) in [5, 5.41) is 8.71. The molecule has 0 bridgehead atoms. The second-order valence-corrected chi connectivity index (χ2v) is 3.65. The predicted molar refractivity (Wildman–Crippen MR) is 63.4 cm³/mol. The minimum Gasteiger partial charge on any atom is -0.481 e. The molecule has 0 unspecified atom stereocenters. The van der Waals surface area contributed by atoms with Gasteiger partial charge in [0.1, 0.15) is 0 Å². The van der Waals surface area contributed by atoms with Gasteiger partial charge < -0.3 is 9.84 Å². The minimum atomic E-state index is -1.06. The van der Waals surface area contributed by atoms with Gasteiger partial charge in [-0.05, 0) is 18.6 Å². The average molecular weight is 234 g/mol. The summed E-state index contributed by atoms with van der Waals surface area (Å²) in [4.78, 5) is 22.0. The quantitative estimate of drug-likeness (QED) is 0.639. The van der Waals surface area contributed by atoms with Crippen molar-refractivity contribution in [2.24, 2.45) is 0 Å². The lowest BCUT2D eigenvalue weighted by Crippen LogP contribution is -2.09. The van der Waals surface area contributed by atoms with Gasteiger partial charge in [0, 0.05) is 5.57 Å². The summed E-state index contributed by atoms with van der Waals surface area (Å²) in [5.41, 5.74) is 1.95. The average Bonchev–Trinajstić information content (AvgIpc) is 2.26. The third-order valence-electron chi connectivity index (χ3n) is 2.17. The minimum absolute atomic E-state index is 0.130. The lowest BCUT2D eigenvalue weighted by molar-refractivity contribution is -0.141. The highest BCUT2D eigenvalue weighted by atomic mass is 16.5. The van der Waals surface area contributed by atoms with Gasteiger partial charge in [-0.15, -0.1) is 0 Å². The predicted octanol–water partition coefficient (Wildman–Crippen LogP) is 2.03. The topological polar surface area (TPSA) is 63.6 Å². The molecule has 1 N–H and O–H groups in total. The molecule has 0 spiro atoms. The summed E-state index contributed by atoms with van der Waals surface area (Å²) in [6.07, 6.45) is 1.19. The Morgan fingerprint density at radius 2 is 2.12 bits per heavy atom. The Bertz CT molecular complexity index is 460. The van der Waals surface area contributed by atoms with Gasteiger partial charge in [-0.25, -0.2) is 4.79 Å². The molecule has 0 aromatic heterocycles. The molecule has 0 saturated heterocycles. The number of carbonyl (C=O) groups excluding carboxylic acids is 1. The van der Waals surface area contributed by atoms with Crippen molar-refractivity contribution < 1.29 is 19.4 Å². The van der Waals surface area contributed by atoms with Gasteiger partial charge in [0.05, 0.1) is 13.5 Å². The van der Waals surface area contributed by atoms with E-state index in [1.165, 1.54) is 13.2 Å². The lowest BCUT2D eigenvalue weighted by atomic mass is 10.1. The second kappa shape index (κ2) is 5.84. The lowest BCUT2D eigenvalue weighted by Gasteiger charge is -2.03. The second-order valence-electron chi connectivity index (χ2n) is 3.65. The molecule has 0 aliphatic carbocycles. The maximum absolute atomic E-state index is 11.4.